The third-order valence-corrected chi connectivity index (χ3v) is 2.30. The maximum Gasteiger partial charge on any atom is 0.319 e. The monoisotopic (exact) mass is 279 g/mol. The molecular formula is C13H17N3O4. The maximum absolute atomic E-state index is 11.6. The van der Waals surface area contributed by atoms with Gasteiger partial charge in [0.05, 0.1) is 6.42 Å². The van der Waals surface area contributed by atoms with Crippen LogP contribution in [-0.2, 0) is 9.59 Å². The van der Waals surface area contributed by atoms with Gasteiger partial charge in [0, 0.05) is 24.3 Å². The zero-order valence-corrected chi connectivity index (χ0v) is 11.3. The van der Waals surface area contributed by atoms with Gasteiger partial charge in [-0.05, 0) is 25.1 Å². The Bertz CT molecular complexity index is 516. The van der Waals surface area contributed by atoms with E-state index in [0.29, 0.717) is 11.4 Å². The van der Waals surface area contributed by atoms with Crippen LogP contribution in [-0.4, -0.2) is 29.1 Å². The molecule has 4 N–H and O–H groups in total. The van der Waals surface area contributed by atoms with E-state index in [2.05, 4.69) is 16.0 Å². The van der Waals surface area contributed by atoms with Crippen LogP contribution in [0.4, 0.5) is 16.2 Å². The molecule has 0 spiro atoms. The van der Waals surface area contributed by atoms with E-state index in [-0.39, 0.29) is 12.3 Å². The number of carboxylic acid groups (broad SMARTS) is 1. The van der Waals surface area contributed by atoms with Crippen molar-refractivity contribution in [3.63, 3.8) is 0 Å². The highest BCUT2D eigenvalue weighted by Gasteiger charge is 2.11. The molecule has 1 atom stereocenters. The summed E-state index contributed by atoms with van der Waals surface area (Å²) in [5, 5.41) is 16.3. The molecule has 1 aromatic carbocycles. The first-order chi connectivity index (χ1) is 9.36. The second kappa shape index (κ2) is 7.13. The minimum absolute atomic E-state index is 0.153. The van der Waals surface area contributed by atoms with Gasteiger partial charge in [0.2, 0.25) is 5.91 Å². The summed E-state index contributed by atoms with van der Waals surface area (Å²) in [7, 11) is 0. The molecule has 0 heterocycles. The first kappa shape index (κ1) is 15.5. The summed E-state index contributed by atoms with van der Waals surface area (Å²) in [5.41, 5.74) is 1.06. The third-order valence-electron chi connectivity index (χ3n) is 2.30. The smallest absolute Gasteiger partial charge is 0.319 e. The van der Waals surface area contributed by atoms with Gasteiger partial charge in [-0.3, -0.25) is 9.59 Å². The first-order valence-corrected chi connectivity index (χ1v) is 6.04. The van der Waals surface area contributed by atoms with Crippen LogP contribution in [0.2, 0.25) is 0 Å². The molecule has 7 nitrogen and oxygen atoms in total. The molecule has 20 heavy (non-hydrogen) atoms. The SMILES string of the molecule is CC(=O)Nc1cccc(NC(=O)NC(C)CC(=O)O)c1. The van der Waals surface area contributed by atoms with E-state index in [1.54, 1.807) is 31.2 Å². The van der Waals surface area contributed by atoms with Crippen LogP contribution in [0.5, 0.6) is 0 Å². The molecule has 0 aliphatic heterocycles. The Morgan fingerprint density at radius 3 is 2.35 bits per heavy atom. The molecule has 0 aliphatic carbocycles. The lowest BCUT2D eigenvalue weighted by Gasteiger charge is -2.13. The van der Waals surface area contributed by atoms with Gasteiger partial charge in [-0.1, -0.05) is 6.07 Å². The van der Waals surface area contributed by atoms with Crippen LogP contribution < -0.4 is 16.0 Å². The van der Waals surface area contributed by atoms with Crippen molar-refractivity contribution < 1.29 is 19.5 Å². The summed E-state index contributed by atoms with van der Waals surface area (Å²) in [5.74, 6) is -1.19. The van der Waals surface area contributed by atoms with Gasteiger partial charge >= 0.3 is 12.0 Å². The molecular weight excluding hydrogens is 262 g/mol. The number of amides is 3. The number of nitrogens with one attached hydrogen (secondary N) is 3. The molecule has 3 amide bonds. The lowest BCUT2D eigenvalue weighted by molar-refractivity contribution is -0.137. The van der Waals surface area contributed by atoms with Gasteiger partial charge in [-0.15, -0.1) is 0 Å². The van der Waals surface area contributed by atoms with Crippen molar-refractivity contribution in [3.05, 3.63) is 24.3 Å². The Morgan fingerprint density at radius 2 is 1.80 bits per heavy atom. The Hall–Kier alpha value is -2.57. The topological polar surface area (TPSA) is 108 Å². The van der Waals surface area contributed by atoms with Crippen LogP contribution in [0.25, 0.3) is 0 Å². The summed E-state index contributed by atoms with van der Waals surface area (Å²) < 4.78 is 0. The molecule has 0 aromatic heterocycles. The van der Waals surface area contributed by atoms with Crippen molar-refractivity contribution in [1.82, 2.24) is 5.32 Å². The molecule has 0 radical (unpaired) electrons. The van der Waals surface area contributed by atoms with Gasteiger partial charge < -0.3 is 21.1 Å². The fourth-order valence-corrected chi connectivity index (χ4v) is 1.58. The lowest BCUT2D eigenvalue weighted by atomic mass is 10.2. The average Bonchev–Trinajstić information content (AvgIpc) is 2.26. The van der Waals surface area contributed by atoms with E-state index in [0.717, 1.165) is 0 Å². The number of benzene rings is 1. The molecule has 0 fully saturated rings. The van der Waals surface area contributed by atoms with Crippen LogP contribution in [0.3, 0.4) is 0 Å². The van der Waals surface area contributed by atoms with Crippen molar-refractivity contribution in [2.24, 2.45) is 0 Å². The summed E-state index contributed by atoms with van der Waals surface area (Å²) in [6.07, 6.45) is -0.153. The van der Waals surface area contributed by atoms with Crippen LogP contribution in [0, 0.1) is 0 Å². The van der Waals surface area contributed by atoms with Gasteiger partial charge in [-0.25, -0.2) is 4.79 Å². The van der Waals surface area contributed by atoms with E-state index in [1.165, 1.54) is 6.92 Å². The number of carbonyl (C=O) groups is 3. The van der Waals surface area contributed by atoms with Crippen LogP contribution in [0.15, 0.2) is 24.3 Å². The van der Waals surface area contributed by atoms with Crippen LogP contribution >= 0.6 is 0 Å². The number of rotatable bonds is 5. The van der Waals surface area contributed by atoms with Gasteiger partial charge in [0.15, 0.2) is 0 Å². The number of urea groups is 1. The van der Waals surface area contributed by atoms with Gasteiger partial charge in [-0.2, -0.15) is 0 Å². The number of carbonyl (C=O) groups excluding carboxylic acids is 2. The molecule has 1 unspecified atom stereocenters. The highest BCUT2D eigenvalue weighted by molar-refractivity contribution is 5.92. The third kappa shape index (κ3) is 5.85. The zero-order chi connectivity index (χ0) is 15.1. The van der Waals surface area contributed by atoms with Crippen LogP contribution in [0.1, 0.15) is 20.3 Å². The molecule has 0 bridgehead atoms. The van der Waals surface area contributed by atoms with Crippen molar-refractivity contribution in [2.75, 3.05) is 10.6 Å². The molecule has 1 rings (SSSR count). The van der Waals surface area contributed by atoms with Crippen molar-refractivity contribution in [1.29, 1.82) is 0 Å². The molecule has 0 saturated carbocycles. The lowest BCUT2D eigenvalue weighted by Crippen LogP contribution is -2.37. The van der Waals surface area contributed by atoms with E-state index in [4.69, 9.17) is 5.11 Å². The normalized spacial score (nSPS) is 11.3. The summed E-state index contributed by atoms with van der Waals surface area (Å²) in [4.78, 5) is 33.0. The molecule has 0 saturated heterocycles. The van der Waals surface area contributed by atoms with E-state index in [9.17, 15) is 14.4 Å². The Kier molecular flexibility index (Phi) is 5.52. The minimum atomic E-state index is -0.981. The Morgan fingerprint density at radius 1 is 1.20 bits per heavy atom. The molecule has 7 heteroatoms. The highest BCUT2D eigenvalue weighted by Crippen LogP contribution is 2.14. The fraction of sp³-hybridized carbons (Fsp3) is 0.308. The number of aliphatic carboxylic acids is 1. The molecule has 0 aliphatic rings. The first-order valence-electron chi connectivity index (χ1n) is 6.04. The van der Waals surface area contributed by atoms with Crippen molar-refractivity contribution in [3.8, 4) is 0 Å². The minimum Gasteiger partial charge on any atom is -0.481 e. The van der Waals surface area contributed by atoms with E-state index in [1.807, 2.05) is 0 Å². The Balaban J connectivity index is 2.57. The predicted octanol–water partition coefficient (Wildman–Crippen LogP) is 1.63. The predicted molar refractivity (Wildman–Crippen MR) is 74.6 cm³/mol. The molecule has 108 valence electrons. The van der Waals surface area contributed by atoms with Crippen molar-refractivity contribution in [2.45, 2.75) is 26.3 Å². The van der Waals surface area contributed by atoms with Gasteiger partial charge in [0.25, 0.3) is 0 Å². The van der Waals surface area contributed by atoms with Crippen molar-refractivity contribution >= 4 is 29.3 Å². The van der Waals surface area contributed by atoms with E-state index < -0.39 is 18.0 Å². The average molecular weight is 279 g/mol. The van der Waals surface area contributed by atoms with E-state index >= 15 is 0 Å². The second-order valence-corrected chi connectivity index (χ2v) is 4.36. The standard InChI is InChI=1S/C13H17N3O4/c1-8(6-12(18)19)14-13(20)16-11-5-3-4-10(7-11)15-9(2)17/h3-5,7-8H,6H2,1-2H3,(H,15,17)(H,18,19)(H2,14,16,20). The Labute approximate surface area is 116 Å². The number of carboxylic acids is 1. The fourth-order valence-electron chi connectivity index (χ4n) is 1.58. The number of anilines is 2. The second-order valence-electron chi connectivity index (χ2n) is 4.36. The number of hydrogen-bond donors (Lipinski definition) is 4. The number of hydrogen-bond acceptors (Lipinski definition) is 3. The largest absolute Gasteiger partial charge is 0.481 e. The quantitative estimate of drug-likeness (QED) is 0.657. The highest BCUT2D eigenvalue weighted by atomic mass is 16.4. The van der Waals surface area contributed by atoms with Gasteiger partial charge in [0.1, 0.15) is 0 Å². The summed E-state index contributed by atoms with van der Waals surface area (Å²) in [6, 6.07) is 5.65. The summed E-state index contributed by atoms with van der Waals surface area (Å²) >= 11 is 0. The molecule has 1 aromatic rings. The zero-order valence-electron chi connectivity index (χ0n) is 11.3. The summed E-state index contributed by atoms with van der Waals surface area (Å²) in [6.45, 7) is 2.99. The maximum atomic E-state index is 11.6.